The highest BCUT2D eigenvalue weighted by atomic mass is 16.6. The number of para-hydroxylation sites is 2. The van der Waals surface area contributed by atoms with E-state index in [-0.39, 0.29) is 18.0 Å². The van der Waals surface area contributed by atoms with E-state index in [1.807, 2.05) is 42.2 Å². The Labute approximate surface area is 236 Å². The van der Waals surface area contributed by atoms with Gasteiger partial charge in [0.05, 0.1) is 17.4 Å². The monoisotopic (exact) mass is 542 g/mol. The summed E-state index contributed by atoms with van der Waals surface area (Å²) in [5.74, 6) is -0.282. The largest absolute Gasteiger partial charge is 0.444 e. The molecule has 3 aromatic carbocycles. The molecule has 4 amide bonds. The number of amides is 4. The predicted molar refractivity (Wildman–Crippen MR) is 158 cm³/mol. The minimum Gasteiger partial charge on any atom is -0.444 e. The third-order valence-corrected chi connectivity index (χ3v) is 6.77. The highest BCUT2D eigenvalue weighted by Crippen LogP contribution is 2.36. The van der Waals surface area contributed by atoms with Crippen molar-refractivity contribution in [1.29, 1.82) is 0 Å². The molecule has 0 bridgehead atoms. The Bertz CT molecular complexity index is 1350. The summed E-state index contributed by atoms with van der Waals surface area (Å²) in [5.41, 5.74) is 4.12. The number of nitrogens with zero attached hydrogens (tertiary/aromatic N) is 1. The molecule has 1 unspecified atom stereocenters. The summed E-state index contributed by atoms with van der Waals surface area (Å²) in [6.07, 6.45) is 1.77. The van der Waals surface area contributed by atoms with Gasteiger partial charge in [0.1, 0.15) is 5.60 Å². The maximum atomic E-state index is 13.2. The molecule has 3 aromatic rings. The minimum absolute atomic E-state index is 0.0346. The molecule has 4 rings (SSSR count). The van der Waals surface area contributed by atoms with E-state index < -0.39 is 11.7 Å². The highest BCUT2D eigenvalue weighted by Gasteiger charge is 2.30. The SMILES string of the molecule is CCN(C(=O)NCCc1ccccc1)C1CCc2cc(C(=O)Nc3ccccc3NC(=O)OC(C)(C)C)ccc21. The fourth-order valence-electron chi connectivity index (χ4n) is 4.93. The van der Waals surface area contributed by atoms with Gasteiger partial charge in [0.25, 0.3) is 5.91 Å². The van der Waals surface area contributed by atoms with Crippen LogP contribution in [0.4, 0.5) is 21.0 Å². The molecule has 0 saturated carbocycles. The Hall–Kier alpha value is -4.33. The minimum atomic E-state index is -0.638. The van der Waals surface area contributed by atoms with Gasteiger partial charge in [-0.1, -0.05) is 48.5 Å². The number of hydrogen-bond acceptors (Lipinski definition) is 4. The van der Waals surface area contributed by atoms with Gasteiger partial charge >= 0.3 is 12.1 Å². The first-order valence-corrected chi connectivity index (χ1v) is 13.8. The summed E-state index contributed by atoms with van der Waals surface area (Å²) < 4.78 is 5.34. The fraction of sp³-hybridized carbons (Fsp3) is 0.344. The lowest BCUT2D eigenvalue weighted by Gasteiger charge is -2.29. The summed E-state index contributed by atoms with van der Waals surface area (Å²) in [4.78, 5) is 40.3. The standard InChI is InChI=1S/C32H38N4O4/c1-5-36(30(38)33-20-19-22-11-7-6-8-12-22)28-18-16-23-21-24(15-17-25(23)28)29(37)34-26-13-9-10-14-27(26)35-31(39)40-32(2,3)4/h6-15,17,21,28H,5,16,18-20H2,1-4H3,(H,33,38)(H,34,37)(H,35,39). The maximum absolute atomic E-state index is 13.2. The molecule has 0 aliphatic heterocycles. The molecule has 1 aliphatic rings. The number of fused-ring (bicyclic) bond motifs is 1. The van der Waals surface area contributed by atoms with Crippen molar-refractivity contribution in [2.24, 2.45) is 0 Å². The molecule has 0 aromatic heterocycles. The molecule has 8 nitrogen and oxygen atoms in total. The van der Waals surface area contributed by atoms with Crippen LogP contribution >= 0.6 is 0 Å². The van der Waals surface area contributed by atoms with Crippen LogP contribution in [0.2, 0.25) is 0 Å². The van der Waals surface area contributed by atoms with Gasteiger partial charge in [-0.25, -0.2) is 9.59 Å². The Balaban J connectivity index is 1.40. The van der Waals surface area contributed by atoms with Gasteiger partial charge in [0.15, 0.2) is 0 Å². The van der Waals surface area contributed by atoms with Crippen LogP contribution in [0.15, 0.2) is 72.8 Å². The lowest BCUT2D eigenvalue weighted by molar-refractivity contribution is 0.0635. The molecule has 1 aliphatic carbocycles. The zero-order valence-corrected chi connectivity index (χ0v) is 23.6. The van der Waals surface area contributed by atoms with E-state index in [9.17, 15) is 14.4 Å². The molecule has 210 valence electrons. The summed E-state index contributed by atoms with van der Waals surface area (Å²) in [5, 5.41) is 8.67. The second kappa shape index (κ2) is 12.7. The number of ether oxygens (including phenoxy) is 1. The van der Waals surface area contributed by atoms with Gasteiger partial charge in [0, 0.05) is 18.7 Å². The topological polar surface area (TPSA) is 99.8 Å². The lowest BCUT2D eigenvalue weighted by Crippen LogP contribution is -2.42. The van der Waals surface area contributed by atoms with Gasteiger partial charge in [0.2, 0.25) is 0 Å². The molecule has 0 spiro atoms. The zero-order valence-electron chi connectivity index (χ0n) is 23.6. The first-order chi connectivity index (χ1) is 19.1. The van der Waals surface area contributed by atoms with E-state index in [2.05, 4.69) is 28.1 Å². The van der Waals surface area contributed by atoms with Crippen molar-refractivity contribution in [2.45, 2.75) is 58.6 Å². The number of hydrogen-bond donors (Lipinski definition) is 3. The predicted octanol–water partition coefficient (Wildman–Crippen LogP) is 6.55. The van der Waals surface area contributed by atoms with Crippen molar-refractivity contribution in [1.82, 2.24) is 10.2 Å². The van der Waals surface area contributed by atoms with E-state index in [4.69, 9.17) is 4.74 Å². The van der Waals surface area contributed by atoms with E-state index >= 15 is 0 Å². The zero-order chi connectivity index (χ0) is 28.7. The lowest BCUT2D eigenvalue weighted by atomic mass is 10.0. The number of rotatable bonds is 8. The second-order valence-electron chi connectivity index (χ2n) is 10.8. The molecular weight excluding hydrogens is 504 g/mol. The van der Waals surface area contributed by atoms with Crippen molar-refractivity contribution in [3.63, 3.8) is 0 Å². The Morgan fingerprint density at radius 2 is 1.60 bits per heavy atom. The number of carbonyl (C=O) groups is 3. The molecule has 3 N–H and O–H groups in total. The normalized spacial score (nSPS) is 14.2. The van der Waals surface area contributed by atoms with E-state index in [1.54, 1.807) is 51.1 Å². The van der Waals surface area contributed by atoms with Crippen molar-refractivity contribution in [2.75, 3.05) is 23.7 Å². The van der Waals surface area contributed by atoms with E-state index in [0.29, 0.717) is 30.0 Å². The molecule has 0 saturated heterocycles. The summed E-state index contributed by atoms with van der Waals surface area (Å²) in [7, 11) is 0. The number of carbonyl (C=O) groups excluding carboxylic acids is 3. The van der Waals surface area contributed by atoms with Crippen molar-refractivity contribution in [3.8, 4) is 0 Å². The van der Waals surface area contributed by atoms with Crippen LogP contribution in [0.25, 0.3) is 0 Å². The maximum Gasteiger partial charge on any atom is 0.412 e. The molecule has 0 heterocycles. The van der Waals surface area contributed by atoms with Crippen molar-refractivity contribution in [3.05, 3.63) is 95.1 Å². The number of benzene rings is 3. The van der Waals surface area contributed by atoms with Gasteiger partial charge in [-0.3, -0.25) is 10.1 Å². The van der Waals surface area contributed by atoms with E-state index in [1.165, 1.54) is 5.56 Å². The van der Waals surface area contributed by atoms with Gasteiger partial charge < -0.3 is 20.3 Å². The number of aryl methyl sites for hydroxylation is 1. The molecular formula is C32H38N4O4. The van der Waals surface area contributed by atoms with Crippen molar-refractivity contribution < 1.29 is 19.1 Å². The molecule has 1 atom stereocenters. The van der Waals surface area contributed by atoms with Crippen LogP contribution in [-0.4, -0.2) is 41.6 Å². The van der Waals surface area contributed by atoms with Crippen molar-refractivity contribution >= 4 is 29.4 Å². The van der Waals surface area contributed by atoms with Gasteiger partial charge in [-0.15, -0.1) is 0 Å². The fourth-order valence-corrected chi connectivity index (χ4v) is 4.93. The Kier molecular flexibility index (Phi) is 9.09. The third-order valence-electron chi connectivity index (χ3n) is 6.77. The van der Waals surface area contributed by atoms with Crippen LogP contribution in [0.5, 0.6) is 0 Å². The molecule has 8 heteroatoms. The van der Waals surface area contributed by atoms with Crippen LogP contribution < -0.4 is 16.0 Å². The molecule has 40 heavy (non-hydrogen) atoms. The summed E-state index contributed by atoms with van der Waals surface area (Å²) in [6, 6.07) is 22.6. The quantitative estimate of drug-likeness (QED) is 0.301. The smallest absolute Gasteiger partial charge is 0.412 e. The average Bonchev–Trinajstić information content (AvgIpc) is 3.33. The Morgan fingerprint density at radius 1 is 0.925 bits per heavy atom. The summed E-state index contributed by atoms with van der Waals surface area (Å²) in [6.45, 7) is 8.51. The Morgan fingerprint density at radius 3 is 2.27 bits per heavy atom. The van der Waals surface area contributed by atoms with E-state index in [0.717, 1.165) is 30.4 Å². The van der Waals surface area contributed by atoms with Crippen LogP contribution in [0.1, 0.15) is 67.2 Å². The van der Waals surface area contributed by atoms with Crippen LogP contribution in [0.3, 0.4) is 0 Å². The first-order valence-electron chi connectivity index (χ1n) is 13.8. The van der Waals surface area contributed by atoms with Gasteiger partial charge in [-0.2, -0.15) is 0 Å². The first kappa shape index (κ1) is 28.7. The highest BCUT2D eigenvalue weighted by molar-refractivity contribution is 6.07. The number of nitrogens with one attached hydrogen (secondary N) is 3. The van der Waals surface area contributed by atoms with Gasteiger partial charge in [-0.05, 0) is 87.9 Å². The second-order valence-corrected chi connectivity index (χ2v) is 10.8. The number of anilines is 2. The molecule has 0 radical (unpaired) electrons. The average molecular weight is 543 g/mol. The third kappa shape index (κ3) is 7.40. The van der Waals surface area contributed by atoms with Crippen LogP contribution in [0, 0.1) is 0 Å². The molecule has 0 fully saturated rings. The number of urea groups is 1. The van der Waals surface area contributed by atoms with Crippen LogP contribution in [-0.2, 0) is 17.6 Å². The summed E-state index contributed by atoms with van der Waals surface area (Å²) >= 11 is 0.